The van der Waals surface area contributed by atoms with Crippen LogP contribution in [0.5, 0.6) is 0 Å². The van der Waals surface area contributed by atoms with E-state index in [1.165, 1.54) is 11.3 Å². The van der Waals surface area contributed by atoms with Crippen LogP contribution in [0.4, 0.5) is 5.69 Å². The fraction of sp³-hybridized carbons (Fsp3) is 0.240. The first-order valence-corrected chi connectivity index (χ1v) is 11.3. The number of carbonyl (C=O) groups excluding carboxylic acids is 2. The highest BCUT2D eigenvalue weighted by molar-refractivity contribution is 7.80. The van der Waals surface area contributed by atoms with Gasteiger partial charge in [-0.25, -0.2) is 0 Å². The molecule has 0 unspecified atom stereocenters. The minimum atomic E-state index is -0.192. The van der Waals surface area contributed by atoms with Crippen molar-refractivity contribution in [3.8, 4) is 0 Å². The summed E-state index contributed by atoms with van der Waals surface area (Å²) in [6.45, 7) is 1.96. The molecule has 1 N–H and O–H groups in total. The molecule has 2 aliphatic heterocycles. The number of benzene rings is 2. The number of piperidine rings is 1. The van der Waals surface area contributed by atoms with E-state index < -0.39 is 0 Å². The number of thiocarbonyl (C=S) groups is 1. The van der Waals surface area contributed by atoms with Gasteiger partial charge >= 0.3 is 0 Å². The number of rotatable bonds is 4. The van der Waals surface area contributed by atoms with Crippen LogP contribution in [0.1, 0.15) is 24.8 Å². The number of nitrogens with zero attached hydrogens (tertiary/aromatic N) is 3. The summed E-state index contributed by atoms with van der Waals surface area (Å²) in [5.74, 6) is -0.0569. The van der Waals surface area contributed by atoms with Crippen LogP contribution >= 0.6 is 12.2 Å². The summed E-state index contributed by atoms with van der Waals surface area (Å²) < 4.78 is 1.98. The van der Waals surface area contributed by atoms with Crippen LogP contribution < -0.4 is 10.2 Å². The minimum Gasteiger partial charge on any atom is -0.341 e. The lowest BCUT2D eigenvalue weighted by Crippen LogP contribution is -2.37. The number of para-hydroxylation sites is 2. The fourth-order valence-electron chi connectivity index (χ4n) is 4.41. The number of aromatic nitrogens is 1. The van der Waals surface area contributed by atoms with E-state index in [4.69, 9.17) is 12.2 Å². The Bertz CT molecular complexity index is 1230. The zero-order valence-electron chi connectivity index (χ0n) is 17.7. The minimum absolute atomic E-state index is 0.135. The lowest BCUT2D eigenvalue weighted by molar-refractivity contribution is -0.132. The number of hydrogen-bond donors (Lipinski definition) is 1. The standard InChI is InChI=1S/C25H24N4O2S/c30-23(27-13-7-2-8-14-27)17-28-16-18(20-11-5-6-12-22(20)28)15-21-24(31)29(25(32)26-21)19-9-3-1-4-10-19/h1,3-6,9-12,15-16H,2,7-8,13-14,17H2,(H,26,32)/b21-15-. The second kappa shape index (κ2) is 8.59. The Kier molecular flexibility index (Phi) is 5.49. The third-order valence-corrected chi connectivity index (χ3v) is 6.31. The molecular formula is C25H24N4O2S. The van der Waals surface area contributed by atoms with Gasteiger partial charge in [-0.2, -0.15) is 0 Å². The van der Waals surface area contributed by atoms with Gasteiger partial charge in [-0.05, 0) is 55.8 Å². The molecule has 0 spiro atoms. The van der Waals surface area contributed by atoms with Crippen molar-refractivity contribution in [3.05, 3.63) is 72.1 Å². The third-order valence-electron chi connectivity index (χ3n) is 6.03. The van der Waals surface area contributed by atoms with Crippen molar-refractivity contribution in [1.82, 2.24) is 14.8 Å². The lowest BCUT2D eigenvalue weighted by Gasteiger charge is -2.27. The number of carbonyl (C=O) groups is 2. The molecule has 5 rings (SSSR count). The van der Waals surface area contributed by atoms with Gasteiger partial charge in [-0.3, -0.25) is 14.5 Å². The highest BCUT2D eigenvalue weighted by Crippen LogP contribution is 2.27. The molecule has 0 radical (unpaired) electrons. The van der Waals surface area contributed by atoms with Gasteiger partial charge in [0.15, 0.2) is 5.11 Å². The maximum absolute atomic E-state index is 13.1. The smallest absolute Gasteiger partial charge is 0.281 e. The van der Waals surface area contributed by atoms with Crippen molar-refractivity contribution in [2.75, 3.05) is 18.0 Å². The molecule has 32 heavy (non-hydrogen) atoms. The first-order chi connectivity index (χ1) is 15.6. The Morgan fingerprint density at radius 2 is 1.72 bits per heavy atom. The number of hydrogen-bond acceptors (Lipinski definition) is 3. The van der Waals surface area contributed by atoms with E-state index in [0.717, 1.165) is 48.1 Å². The van der Waals surface area contributed by atoms with Crippen LogP contribution in [0.25, 0.3) is 17.0 Å². The molecule has 2 saturated heterocycles. The summed E-state index contributed by atoms with van der Waals surface area (Å²) in [7, 11) is 0. The summed E-state index contributed by atoms with van der Waals surface area (Å²) >= 11 is 5.42. The largest absolute Gasteiger partial charge is 0.341 e. The molecule has 6 nitrogen and oxygen atoms in total. The normalized spacial score (nSPS) is 17.9. The summed E-state index contributed by atoms with van der Waals surface area (Å²) in [4.78, 5) is 29.4. The van der Waals surface area contributed by atoms with Crippen LogP contribution in [0.3, 0.4) is 0 Å². The van der Waals surface area contributed by atoms with E-state index in [-0.39, 0.29) is 11.8 Å². The molecule has 0 bridgehead atoms. The molecule has 2 fully saturated rings. The van der Waals surface area contributed by atoms with Gasteiger partial charge in [0, 0.05) is 35.8 Å². The molecule has 2 aliphatic rings. The zero-order valence-corrected chi connectivity index (χ0v) is 18.5. The van der Waals surface area contributed by atoms with Crippen molar-refractivity contribution >= 4 is 51.8 Å². The second-order valence-corrected chi connectivity index (χ2v) is 8.52. The first kappa shape index (κ1) is 20.5. The number of anilines is 1. The van der Waals surface area contributed by atoms with E-state index in [1.807, 2.05) is 76.3 Å². The Morgan fingerprint density at radius 1 is 1.00 bits per heavy atom. The van der Waals surface area contributed by atoms with Gasteiger partial charge in [-0.15, -0.1) is 0 Å². The third kappa shape index (κ3) is 3.80. The molecule has 0 saturated carbocycles. The number of amides is 2. The summed E-state index contributed by atoms with van der Waals surface area (Å²) in [6, 6.07) is 17.3. The topological polar surface area (TPSA) is 57.6 Å². The number of fused-ring (bicyclic) bond motifs is 1. The van der Waals surface area contributed by atoms with E-state index >= 15 is 0 Å². The van der Waals surface area contributed by atoms with E-state index in [2.05, 4.69) is 5.32 Å². The number of nitrogens with one attached hydrogen (secondary N) is 1. The highest BCUT2D eigenvalue weighted by Gasteiger charge is 2.32. The van der Waals surface area contributed by atoms with Crippen LogP contribution in [-0.4, -0.2) is 39.5 Å². The van der Waals surface area contributed by atoms with Gasteiger partial charge in [0.25, 0.3) is 5.91 Å². The first-order valence-electron chi connectivity index (χ1n) is 10.9. The maximum atomic E-state index is 13.1. The van der Waals surface area contributed by atoms with Crippen LogP contribution in [-0.2, 0) is 16.1 Å². The van der Waals surface area contributed by atoms with Crippen molar-refractivity contribution in [2.45, 2.75) is 25.8 Å². The summed E-state index contributed by atoms with van der Waals surface area (Å²) in [5.41, 5.74) is 3.00. The van der Waals surface area contributed by atoms with Gasteiger partial charge < -0.3 is 14.8 Å². The average molecular weight is 445 g/mol. The van der Waals surface area contributed by atoms with E-state index in [1.54, 1.807) is 0 Å². The summed E-state index contributed by atoms with van der Waals surface area (Å²) in [6.07, 6.45) is 7.10. The Labute approximate surface area is 192 Å². The quantitative estimate of drug-likeness (QED) is 0.490. The number of likely N-dealkylation sites (tertiary alicyclic amines) is 1. The van der Waals surface area contributed by atoms with Crippen molar-refractivity contribution in [2.24, 2.45) is 0 Å². The predicted molar refractivity (Wildman–Crippen MR) is 130 cm³/mol. The Balaban J connectivity index is 1.46. The molecule has 3 heterocycles. The monoisotopic (exact) mass is 444 g/mol. The van der Waals surface area contributed by atoms with E-state index in [9.17, 15) is 9.59 Å². The van der Waals surface area contributed by atoms with Gasteiger partial charge in [0.1, 0.15) is 12.2 Å². The van der Waals surface area contributed by atoms with Crippen LogP contribution in [0, 0.1) is 0 Å². The van der Waals surface area contributed by atoms with Gasteiger partial charge in [-0.1, -0.05) is 36.4 Å². The summed E-state index contributed by atoms with van der Waals surface area (Å²) in [5, 5.41) is 4.40. The van der Waals surface area contributed by atoms with Crippen molar-refractivity contribution in [1.29, 1.82) is 0 Å². The zero-order chi connectivity index (χ0) is 22.1. The molecule has 2 amide bonds. The highest BCUT2D eigenvalue weighted by atomic mass is 32.1. The Hall–Kier alpha value is -3.45. The lowest BCUT2D eigenvalue weighted by atomic mass is 10.1. The van der Waals surface area contributed by atoms with Crippen LogP contribution in [0.15, 0.2) is 66.5 Å². The molecule has 0 atom stereocenters. The van der Waals surface area contributed by atoms with E-state index in [0.29, 0.717) is 17.4 Å². The van der Waals surface area contributed by atoms with Gasteiger partial charge in [0.05, 0.1) is 5.69 Å². The molecule has 0 aliphatic carbocycles. The van der Waals surface area contributed by atoms with Crippen LogP contribution in [0.2, 0.25) is 0 Å². The molecule has 3 aromatic rings. The molecule has 7 heteroatoms. The molecular weight excluding hydrogens is 420 g/mol. The maximum Gasteiger partial charge on any atom is 0.281 e. The average Bonchev–Trinajstić information content (AvgIpc) is 3.31. The fourth-order valence-corrected chi connectivity index (χ4v) is 4.71. The molecule has 2 aromatic carbocycles. The predicted octanol–water partition coefficient (Wildman–Crippen LogP) is 3.92. The molecule has 162 valence electrons. The van der Waals surface area contributed by atoms with Gasteiger partial charge in [0.2, 0.25) is 5.91 Å². The molecule has 1 aromatic heterocycles. The second-order valence-electron chi connectivity index (χ2n) is 8.14. The van der Waals surface area contributed by atoms with Crippen molar-refractivity contribution < 1.29 is 9.59 Å². The SMILES string of the molecule is O=C(Cn1cc(/C=C2\NC(=S)N(c3ccccc3)C2=O)c2ccccc21)N1CCCCC1. The Morgan fingerprint density at radius 3 is 2.50 bits per heavy atom. The van der Waals surface area contributed by atoms with Crippen molar-refractivity contribution in [3.63, 3.8) is 0 Å².